The summed E-state index contributed by atoms with van der Waals surface area (Å²) in [6.07, 6.45) is 1.62. The Bertz CT molecular complexity index is 673. The van der Waals surface area contributed by atoms with Crippen molar-refractivity contribution >= 4 is 41.3 Å². The molecule has 2 rings (SSSR count). The highest BCUT2D eigenvalue weighted by atomic mass is 127. The van der Waals surface area contributed by atoms with E-state index < -0.39 is 0 Å². The van der Waals surface area contributed by atoms with Crippen molar-refractivity contribution in [2.75, 3.05) is 20.1 Å². The van der Waals surface area contributed by atoms with Gasteiger partial charge >= 0.3 is 0 Å². The Morgan fingerprint density at radius 3 is 2.56 bits per heavy atom. The Hall–Kier alpha value is -1.22. The van der Waals surface area contributed by atoms with Gasteiger partial charge in [-0.3, -0.25) is 4.99 Å². The fourth-order valence-corrected chi connectivity index (χ4v) is 3.12. The van der Waals surface area contributed by atoms with E-state index in [9.17, 15) is 4.39 Å². The maximum Gasteiger partial charge on any atom is 0.190 e. The van der Waals surface area contributed by atoms with Crippen LogP contribution in [-0.4, -0.2) is 31.1 Å². The van der Waals surface area contributed by atoms with Crippen LogP contribution in [0.1, 0.15) is 36.0 Å². The van der Waals surface area contributed by atoms with Crippen molar-refractivity contribution in [3.63, 3.8) is 0 Å². The Morgan fingerprint density at radius 2 is 1.96 bits per heavy atom. The Morgan fingerprint density at radius 1 is 1.24 bits per heavy atom. The summed E-state index contributed by atoms with van der Waals surface area (Å²) in [4.78, 5) is 8.83. The zero-order valence-electron chi connectivity index (χ0n) is 14.9. The molecule has 0 saturated carbocycles. The number of rotatable bonds is 7. The molecule has 0 spiro atoms. The second-order valence-corrected chi connectivity index (χ2v) is 6.78. The molecule has 0 bridgehead atoms. The molecule has 0 unspecified atom stereocenters. The topological polar surface area (TPSA) is 49.3 Å². The van der Waals surface area contributed by atoms with Gasteiger partial charge in [0.2, 0.25) is 0 Å². The maximum atomic E-state index is 13.1. The lowest BCUT2D eigenvalue weighted by Crippen LogP contribution is -2.39. The van der Waals surface area contributed by atoms with Gasteiger partial charge in [-0.15, -0.1) is 35.3 Å². The number of aromatic nitrogens is 1. The largest absolute Gasteiger partial charge is 0.356 e. The van der Waals surface area contributed by atoms with Crippen LogP contribution in [0, 0.1) is 5.82 Å². The van der Waals surface area contributed by atoms with Crippen LogP contribution in [0.15, 0.2) is 34.6 Å². The number of hydrogen-bond donors (Lipinski definition) is 2. The van der Waals surface area contributed by atoms with E-state index in [0.29, 0.717) is 12.5 Å². The first-order valence-corrected chi connectivity index (χ1v) is 9.09. The highest BCUT2D eigenvalue weighted by Crippen LogP contribution is 2.19. The van der Waals surface area contributed by atoms with Crippen LogP contribution in [0.4, 0.5) is 4.39 Å². The minimum Gasteiger partial charge on any atom is -0.356 e. The molecule has 0 saturated heterocycles. The molecule has 0 amide bonds. The summed E-state index contributed by atoms with van der Waals surface area (Å²) in [5, 5.41) is 9.83. The first-order chi connectivity index (χ1) is 11.6. The number of thiazole rings is 1. The monoisotopic (exact) mass is 476 g/mol. The molecule has 0 radical (unpaired) electrons. The van der Waals surface area contributed by atoms with Crippen LogP contribution in [0.2, 0.25) is 0 Å². The minimum absolute atomic E-state index is 0. The summed E-state index contributed by atoms with van der Waals surface area (Å²) in [7, 11) is 1.75. The van der Waals surface area contributed by atoms with Crippen LogP contribution in [0.5, 0.6) is 0 Å². The Labute approximate surface area is 170 Å². The average Bonchev–Trinajstić information content (AvgIpc) is 3.02. The molecule has 0 aliphatic carbocycles. The Balaban J connectivity index is 0.00000312. The van der Waals surface area contributed by atoms with Gasteiger partial charge in [0.1, 0.15) is 5.82 Å². The lowest BCUT2D eigenvalue weighted by molar-refractivity contribution is 0.625. The third-order valence-electron chi connectivity index (χ3n) is 3.56. The number of guanidine groups is 1. The summed E-state index contributed by atoms with van der Waals surface area (Å²) < 4.78 is 13.1. The zero-order valence-corrected chi connectivity index (χ0v) is 18.0. The molecule has 0 aliphatic heterocycles. The molecule has 0 atom stereocenters. The molecule has 25 heavy (non-hydrogen) atoms. The summed E-state index contributed by atoms with van der Waals surface area (Å²) in [6, 6.07) is 6.68. The molecular weight excluding hydrogens is 450 g/mol. The van der Waals surface area contributed by atoms with E-state index in [1.54, 1.807) is 30.5 Å². The van der Waals surface area contributed by atoms with Gasteiger partial charge in [0.15, 0.2) is 5.96 Å². The standard InChI is InChI=1S/C18H25FN4S.HI/c1-13(2)17-23-16(12-24-17)8-10-22-18(20-3)21-9-7-14-5-4-6-15(19)11-14;/h4-6,11-13H,7-10H2,1-3H3,(H2,20,21,22);1H. The minimum atomic E-state index is -0.195. The predicted octanol–water partition coefficient (Wildman–Crippen LogP) is 3.97. The summed E-state index contributed by atoms with van der Waals surface area (Å²) >= 11 is 1.72. The fraction of sp³-hybridized carbons (Fsp3) is 0.444. The molecule has 1 aromatic carbocycles. The third-order valence-corrected chi connectivity index (χ3v) is 4.75. The normalized spacial score (nSPS) is 11.3. The SMILES string of the molecule is CN=C(NCCc1cccc(F)c1)NCCc1csc(C(C)C)n1.I. The van der Waals surface area contributed by atoms with Crippen molar-refractivity contribution in [3.8, 4) is 0 Å². The first kappa shape index (κ1) is 21.8. The van der Waals surface area contributed by atoms with Gasteiger partial charge in [-0.05, 0) is 24.1 Å². The van der Waals surface area contributed by atoms with Crippen LogP contribution in [0.3, 0.4) is 0 Å². The number of hydrogen-bond acceptors (Lipinski definition) is 3. The van der Waals surface area contributed by atoms with Crippen molar-refractivity contribution < 1.29 is 4.39 Å². The molecule has 4 nitrogen and oxygen atoms in total. The van der Waals surface area contributed by atoms with Crippen LogP contribution in [-0.2, 0) is 12.8 Å². The highest BCUT2D eigenvalue weighted by molar-refractivity contribution is 14.0. The molecule has 7 heteroatoms. The summed E-state index contributed by atoms with van der Waals surface area (Å²) in [5.74, 6) is 1.04. The van der Waals surface area contributed by atoms with Gasteiger partial charge < -0.3 is 10.6 Å². The van der Waals surface area contributed by atoms with Crippen molar-refractivity contribution in [1.29, 1.82) is 0 Å². The van der Waals surface area contributed by atoms with E-state index >= 15 is 0 Å². The van der Waals surface area contributed by atoms with Gasteiger partial charge in [-0.25, -0.2) is 9.37 Å². The van der Waals surface area contributed by atoms with E-state index in [2.05, 4.69) is 39.8 Å². The van der Waals surface area contributed by atoms with Crippen molar-refractivity contribution in [2.24, 2.45) is 4.99 Å². The zero-order chi connectivity index (χ0) is 17.4. The van der Waals surface area contributed by atoms with Gasteiger partial charge in [-0.2, -0.15) is 0 Å². The second-order valence-electron chi connectivity index (χ2n) is 5.89. The molecule has 2 N–H and O–H groups in total. The maximum absolute atomic E-state index is 13.1. The first-order valence-electron chi connectivity index (χ1n) is 8.21. The predicted molar refractivity (Wildman–Crippen MR) is 115 cm³/mol. The average molecular weight is 476 g/mol. The number of halogens is 2. The van der Waals surface area contributed by atoms with E-state index in [1.807, 2.05) is 6.07 Å². The van der Waals surface area contributed by atoms with Gasteiger partial charge in [-0.1, -0.05) is 26.0 Å². The van der Waals surface area contributed by atoms with Crippen molar-refractivity contribution in [2.45, 2.75) is 32.6 Å². The van der Waals surface area contributed by atoms with Crippen molar-refractivity contribution in [3.05, 3.63) is 51.7 Å². The van der Waals surface area contributed by atoms with E-state index in [4.69, 9.17) is 0 Å². The lowest BCUT2D eigenvalue weighted by Gasteiger charge is -2.11. The number of aliphatic imine (C=N–C) groups is 1. The van der Waals surface area contributed by atoms with Gasteiger partial charge in [0, 0.05) is 37.9 Å². The van der Waals surface area contributed by atoms with Gasteiger partial charge in [0.05, 0.1) is 10.7 Å². The quantitative estimate of drug-likeness (QED) is 0.361. The summed E-state index contributed by atoms with van der Waals surface area (Å²) in [6.45, 7) is 5.80. The molecule has 1 heterocycles. The molecular formula is C18H26FIN4S. The van der Waals surface area contributed by atoms with Crippen molar-refractivity contribution in [1.82, 2.24) is 15.6 Å². The van der Waals surface area contributed by atoms with Crippen LogP contribution in [0.25, 0.3) is 0 Å². The number of nitrogens with zero attached hydrogens (tertiary/aromatic N) is 2. The second kappa shape index (κ2) is 11.4. The van der Waals surface area contributed by atoms with E-state index in [1.165, 1.54) is 11.1 Å². The smallest absolute Gasteiger partial charge is 0.190 e. The molecule has 0 aliphatic rings. The molecule has 0 fully saturated rings. The fourth-order valence-electron chi connectivity index (χ4n) is 2.25. The van der Waals surface area contributed by atoms with E-state index in [-0.39, 0.29) is 29.8 Å². The molecule has 138 valence electrons. The lowest BCUT2D eigenvalue weighted by atomic mass is 10.1. The number of benzene rings is 1. The highest BCUT2D eigenvalue weighted by Gasteiger charge is 2.06. The van der Waals surface area contributed by atoms with Gasteiger partial charge in [0.25, 0.3) is 0 Å². The third kappa shape index (κ3) is 7.68. The summed E-state index contributed by atoms with van der Waals surface area (Å²) in [5.41, 5.74) is 2.09. The molecule has 1 aromatic heterocycles. The van der Waals surface area contributed by atoms with Crippen LogP contribution < -0.4 is 10.6 Å². The number of nitrogens with one attached hydrogen (secondary N) is 2. The molecule has 2 aromatic rings. The van der Waals surface area contributed by atoms with E-state index in [0.717, 1.165) is 36.6 Å². The van der Waals surface area contributed by atoms with Crippen LogP contribution >= 0.6 is 35.3 Å². The Kier molecular flexibility index (Phi) is 9.96.